The van der Waals surface area contributed by atoms with Gasteiger partial charge >= 0.3 is 5.97 Å². The van der Waals surface area contributed by atoms with Crippen molar-refractivity contribution in [3.05, 3.63) is 120 Å². The highest BCUT2D eigenvalue weighted by atomic mass is 16.6. The zero-order chi connectivity index (χ0) is 34.8. The summed E-state index contributed by atoms with van der Waals surface area (Å²) in [6.07, 6.45) is 5.82. The van der Waals surface area contributed by atoms with E-state index in [-0.39, 0.29) is 25.4 Å². The molecule has 0 bridgehead atoms. The monoisotopic (exact) mass is 677 g/mol. The minimum atomic E-state index is -1.58. The third kappa shape index (κ3) is 5.86. The molecule has 3 aromatic carbocycles. The van der Waals surface area contributed by atoms with E-state index in [0.717, 1.165) is 0 Å². The Bertz CT molecular complexity index is 1800. The number of methoxy groups -OCH3 is 1. The molecule has 7 rings (SSSR count). The van der Waals surface area contributed by atoms with Crippen LogP contribution in [0.15, 0.2) is 109 Å². The fourth-order valence-electron chi connectivity index (χ4n) is 7.71. The van der Waals surface area contributed by atoms with Crippen LogP contribution in [0.5, 0.6) is 5.75 Å². The molecule has 2 fully saturated rings. The van der Waals surface area contributed by atoms with Gasteiger partial charge in [0, 0.05) is 18.7 Å². The van der Waals surface area contributed by atoms with Crippen molar-refractivity contribution in [1.82, 2.24) is 10.2 Å². The second kappa shape index (κ2) is 13.9. The fourth-order valence-corrected chi connectivity index (χ4v) is 7.71. The predicted molar refractivity (Wildman–Crippen MR) is 183 cm³/mol. The van der Waals surface area contributed by atoms with Crippen molar-refractivity contribution < 1.29 is 38.5 Å². The highest BCUT2D eigenvalue weighted by molar-refractivity contribution is 6.05. The molecule has 0 radical (unpaired) electrons. The molecule has 0 aromatic heterocycles. The first-order valence-corrected chi connectivity index (χ1v) is 16.8. The summed E-state index contributed by atoms with van der Waals surface area (Å²) in [5.41, 5.74) is 0.320. The van der Waals surface area contributed by atoms with E-state index in [9.17, 15) is 19.5 Å². The molecule has 3 amide bonds. The number of aliphatic hydroxyl groups excluding tert-OH is 1. The number of aliphatic hydroxyl groups is 1. The number of benzene rings is 3. The molecule has 2 saturated heterocycles. The number of allylic oxidation sites excluding steroid dienone is 1. The zero-order valence-electron chi connectivity index (χ0n) is 27.6. The lowest BCUT2D eigenvalue weighted by atomic mass is 9.77. The molecule has 0 aliphatic carbocycles. The number of rotatable bonds is 6. The number of amides is 3. The second-order valence-electron chi connectivity index (χ2n) is 12.9. The van der Waals surface area contributed by atoms with Crippen LogP contribution < -0.4 is 15.0 Å². The van der Waals surface area contributed by atoms with Crippen molar-refractivity contribution in [3.8, 4) is 5.75 Å². The molecule has 50 heavy (non-hydrogen) atoms. The molecule has 4 heterocycles. The number of hydrogen-bond donors (Lipinski definition) is 2. The number of fused-ring (bicyclic) bond motifs is 2. The van der Waals surface area contributed by atoms with E-state index in [1.807, 2.05) is 36.4 Å². The average Bonchev–Trinajstić information content (AvgIpc) is 3.53. The van der Waals surface area contributed by atoms with Crippen molar-refractivity contribution in [1.29, 1.82) is 0 Å². The quantitative estimate of drug-likeness (QED) is 0.298. The number of anilines is 1. The fraction of sp³-hybridized carbons (Fsp3) is 0.333. The Balaban J connectivity index is 1.35. The molecular formula is C39H39N3O8. The Morgan fingerprint density at radius 1 is 0.940 bits per heavy atom. The van der Waals surface area contributed by atoms with Crippen LogP contribution in [0, 0.1) is 11.8 Å². The first kappa shape index (κ1) is 33.2. The Kier molecular flexibility index (Phi) is 9.26. The molecule has 11 heteroatoms. The summed E-state index contributed by atoms with van der Waals surface area (Å²) < 4.78 is 18.3. The lowest BCUT2D eigenvalue weighted by molar-refractivity contribution is -0.160. The van der Waals surface area contributed by atoms with Crippen LogP contribution in [0.2, 0.25) is 0 Å². The molecule has 0 saturated carbocycles. The van der Waals surface area contributed by atoms with Crippen molar-refractivity contribution in [2.75, 3.05) is 31.7 Å². The van der Waals surface area contributed by atoms with Crippen LogP contribution in [0.1, 0.15) is 36.1 Å². The number of cyclic esters (lactones) is 1. The molecule has 2 N–H and O–H groups in total. The standard InChI is InChI=1S/C39H39N3O8/c1-48-28-19-17-27(18-20-28)41-22-10-21-39-34(36(45)42(35(39)37(41)46)29(24-43)25-11-4-2-5-12-25)33-30(50-39)15-8-9-16-32(44)40-23-31(49-38(33)47)26-13-6-3-7-14-26/h2-8,10-15,17-21,29-31,33-35,43H,9,16,22-24H2,1H3,(H,40,44)/b15-8-/t29-,30+,31-,33-,34-,35+,39-/m1/s1. The lowest BCUT2D eigenvalue weighted by Crippen LogP contribution is -2.56. The van der Waals surface area contributed by atoms with Crippen LogP contribution >= 0.6 is 0 Å². The minimum Gasteiger partial charge on any atom is -0.497 e. The van der Waals surface area contributed by atoms with Crippen LogP contribution in [0.25, 0.3) is 0 Å². The van der Waals surface area contributed by atoms with Gasteiger partial charge in [-0.3, -0.25) is 19.2 Å². The summed E-state index contributed by atoms with van der Waals surface area (Å²) in [5.74, 6) is -3.46. The van der Waals surface area contributed by atoms with Gasteiger partial charge in [-0.2, -0.15) is 0 Å². The smallest absolute Gasteiger partial charge is 0.313 e. The zero-order valence-corrected chi connectivity index (χ0v) is 27.6. The van der Waals surface area contributed by atoms with Gasteiger partial charge in [0.25, 0.3) is 5.91 Å². The maximum Gasteiger partial charge on any atom is 0.313 e. The summed E-state index contributed by atoms with van der Waals surface area (Å²) in [4.78, 5) is 60.0. The van der Waals surface area contributed by atoms with Crippen molar-refractivity contribution in [2.45, 2.75) is 42.7 Å². The number of hydrogen-bond acceptors (Lipinski definition) is 8. The van der Waals surface area contributed by atoms with E-state index in [2.05, 4.69) is 5.32 Å². The maximum absolute atomic E-state index is 15.0. The van der Waals surface area contributed by atoms with Crippen molar-refractivity contribution in [3.63, 3.8) is 0 Å². The molecule has 1 spiro atoms. The highest BCUT2D eigenvalue weighted by Crippen LogP contribution is 2.55. The van der Waals surface area contributed by atoms with Gasteiger partial charge in [0.2, 0.25) is 11.8 Å². The molecular weight excluding hydrogens is 638 g/mol. The van der Waals surface area contributed by atoms with Crippen molar-refractivity contribution in [2.24, 2.45) is 11.8 Å². The summed E-state index contributed by atoms with van der Waals surface area (Å²) in [7, 11) is 1.56. The first-order chi connectivity index (χ1) is 24.4. The topological polar surface area (TPSA) is 135 Å². The van der Waals surface area contributed by atoms with Gasteiger partial charge in [0.05, 0.1) is 38.3 Å². The lowest BCUT2D eigenvalue weighted by Gasteiger charge is -2.38. The van der Waals surface area contributed by atoms with Crippen LogP contribution in [0.3, 0.4) is 0 Å². The third-order valence-electron chi connectivity index (χ3n) is 10.1. The molecule has 258 valence electrons. The van der Waals surface area contributed by atoms with Crippen LogP contribution in [-0.2, 0) is 28.7 Å². The van der Waals surface area contributed by atoms with E-state index in [1.54, 1.807) is 84.8 Å². The Hall–Kier alpha value is -5.26. The normalized spacial score (nSPS) is 29.4. The Morgan fingerprint density at radius 3 is 2.36 bits per heavy atom. The van der Waals surface area contributed by atoms with E-state index in [1.165, 1.54) is 4.90 Å². The highest BCUT2D eigenvalue weighted by Gasteiger charge is 2.72. The molecule has 0 unspecified atom stereocenters. The summed E-state index contributed by atoms with van der Waals surface area (Å²) in [6, 6.07) is 23.0. The van der Waals surface area contributed by atoms with E-state index in [0.29, 0.717) is 29.0 Å². The van der Waals surface area contributed by atoms with Gasteiger partial charge in [-0.25, -0.2) is 0 Å². The summed E-state index contributed by atoms with van der Waals surface area (Å²) >= 11 is 0. The minimum absolute atomic E-state index is 0.0465. The number of esters is 1. The number of nitrogens with zero attached hydrogens (tertiary/aromatic N) is 2. The Morgan fingerprint density at radius 2 is 1.66 bits per heavy atom. The molecule has 4 aliphatic rings. The molecule has 11 nitrogen and oxygen atoms in total. The van der Waals surface area contributed by atoms with E-state index < -0.39 is 66.1 Å². The van der Waals surface area contributed by atoms with Gasteiger partial charge in [-0.1, -0.05) is 85.0 Å². The molecule has 3 aromatic rings. The van der Waals surface area contributed by atoms with Gasteiger partial charge in [0.1, 0.15) is 29.4 Å². The number of nitrogens with one attached hydrogen (secondary N) is 1. The summed E-state index contributed by atoms with van der Waals surface area (Å²) in [5, 5.41) is 13.7. The van der Waals surface area contributed by atoms with Gasteiger partial charge in [0.15, 0.2) is 0 Å². The van der Waals surface area contributed by atoms with Crippen molar-refractivity contribution >= 4 is 29.4 Å². The van der Waals surface area contributed by atoms with E-state index >= 15 is 4.79 Å². The van der Waals surface area contributed by atoms with E-state index in [4.69, 9.17) is 14.2 Å². The van der Waals surface area contributed by atoms with Gasteiger partial charge in [-0.05, 0) is 41.8 Å². The van der Waals surface area contributed by atoms with Gasteiger partial charge in [-0.15, -0.1) is 0 Å². The largest absolute Gasteiger partial charge is 0.497 e. The number of carbonyl (C=O) groups excluding carboxylic acids is 4. The SMILES string of the molecule is COc1ccc(N2CC=C[C@@]34O[C@H]5/C=C\CCC(=O)NC[C@H](c6ccccc6)OC(=O)[C@H]5[C@@H]3C(=O)N([C@H](CO)c3ccccc3)[C@H]4C2=O)cc1. The average molecular weight is 678 g/mol. The van der Waals surface area contributed by atoms with Crippen LogP contribution in [0.4, 0.5) is 5.69 Å². The third-order valence-corrected chi connectivity index (χ3v) is 10.1. The van der Waals surface area contributed by atoms with Crippen LogP contribution in [-0.4, -0.2) is 78.3 Å². The second-order valence-corrected chi connectivity index (χ2v) is 12.9. The number of likely N-dealkylation sites (tertiary alicyclic amines) is 1. The molecule has 4 aliphatic heterocycles. The summed E-state index contributed by atoms with van der Waals surface area (Å²) in [6.45, 7) is -0.246. The molecule has 7 atom stereocenters. The first-order valence-electron chi connectivity index (χ1n) is 16.8. The Labute approximate surface area is 290 Å². The maximum atomic E-state index is 15.0. The van der Waals surface area contributed by atoms with Gasteiger partial charge < -0.3 is 34.4 Å². The predicted octanol–water partition coefficient (Wildman–Crippen LogP) is 3.66. The number of ether oxygens (including phenoxy) is 3. The number of carbonyl (C=O) groups is 4.